The molecule has 0 saturated carbocycles. The quantitative estimate of drug-likeness (QED) is 0.634. The van der Waals surface area contributed by atoms with Gasteiger partial charge in [0.15, 0.2) is 0 Å². The first-order valence-electron chi connectivity index (χ1n) is 9.26. The summed E-state index contributed by atoms with van der Waals surface area (Å²) in [4.78, 5) is 22.2. The van der Waals surface area contributed by atoms with Gasteiger partial charge in [-0.05, 0) is 35.1 Å². The van der Waals surface area contributed by atoms with Gasteiger partial charge in [0.05, 0.1) is 13.2 Å². The van der Waals surface area contributed by atoms with Crippen LogP contribution in [0.15, 0.2) is 48.5 Å². The molecule has 144 valence electrons. The smallest absolute Gasteiger partial charge is 0.217 e. The number of nitrogens with one attached hydrogen (secondary N) is 2. The summed E-state index contributed by atoms with van der Waals surface area (Å²) in [6.07, 6.45) is 1.62. The minimum Gasteiger partial charge on any atom is -0.381 e. The van der Waals surface area contributed by atoms with Gasteiger partial charge in [-0.2, -0.15) is 0 Å². The summed E-state index contributed by atoms with van der Waals surface area (Å²) in [5.74, 6) is -0.0574. The molecule has 27 heavy (non-hydrogen) atoms. The molecule has 0 aliphatic heterocycles. The Morgan fingerprint density at radius 2 is 1.07 bits per heavy atom. The first-order valence-corrected chi connectivity index (χ1v) is 9.26. The summed E-state index contributed by atoms with van der Waals surface area (Å²) in [5, 5.41) is 5.68. The standard InChI is InChI=1S/C22H28N2O3/c1-17(25)23-15-21-9-5-3-7-19(21)11-13-27-14-12-20-8-4-6-10-22(20)16-24-18(2)26/h3-10H,11-16H2,1-2H3,(H,23,25)(H,24,26). The molecule has 0 aromatic heterocycles. The van der Waals surface area contributed by atoms with E-state index in [0.29, 0.717) is 26.3 Å². The van der Waals surface area contributed by atoms with E-state index in [9.17, 15) is 9.59 Å². The molecule has 2 amide bonds. The zero-order valence-electron chi connectivity index (χ0n) is 16.1. The highest BCUT2D eigenvalue weighted by atomic mass is 16.5. The van der Waals surface area contributed by atoms with Crippen molar-refractivity contribution in [3.8, 4) is 0 Å². The zero-order chi connectivity index (χ0) is 19.5. The number of amides is 2. The average Bonchev–Trinajstić information content (AvgIpc) is 2.66. The Balaban J connectivity index is 1.78. The van der Waals surface area contributed by atoms with E-state index in [0.717, 1.165) is 24.0 Å². The fourth-order valence-electron chi connectivity index (χ4n) is 2.85. The van der Waals surface area contributed by atoms with Crippen molar-refractivity contribution < 1.29 is 14.3 Å². The predicted molar refractivity (Wildman–Crippen MR) is 106 cm³/mol. The molecule has 0 saturated heterocycles. The fraction of sp³-hybridized carbons (Fsp3) is 0.364. The van der Waals surface area contributed by atoms with Crippen molar-refractivity contribution in [2.45, 2.75) is 39.8 Å². The summed E-state index contributed by atoms with van der Waals surface area (Å²) in [6.45, 7) is 5.39. The number of hydrogen-bond acceptors (Lipinski definition) is 3. The van der Waals surface area contributed by atoms with Gasteiger partial charge >= 0.3 is 0 Å². The van der Waals surface area contributed by atoms with E-state index in [1.807, 2.05) is 36.4 Å². The van der Waals surface area contributed by atoms with Gasteiger partial charge in [0.25, 0.3) is 0 Å². The molecule has 0 bridgehead atoms. The Labute approximate surface area is 161 Å². The Hall–Kier alpha value is -2.66. The van der Waals surface area contributed by atoms with Crippen molar-refractivity contribution in [3.05, 3.63) is 70.8 Å². The summed E-state index contributed by atoms with van der Waals surface area (Å²) < 4.78 is 5.83. The van der Waals surface area contributed by atoms with Crippen molar-refractivity contribution in [2.75, 3.05) is 13.2 Å². The molecule has 5 nitrogen and oxygen atoms in total. The first kappa shape index (κ1) is 20.6. The van der Waals surface area contributed by atoms with Crippen LogP contribution >= 0.6 is 0 Å². The highest BCUT2D eigenvalue weighted by Gasteiger charge is 2.05. The highest BCUT2D eigenvalue weighted by molar-refractivity contribution is 5.73. The molecule has 0 aliphatic rings. The molecule has 0 unspecified atom stereocenters. The topological polar surface area (TPSA) is 67.4 Å². The lowest BCUT2D eigenvalue weighted by molar-refractivity contribution is -0.120. The Morgan fingerprint density at radius 1 is 0.704 bits per heavy atom. The van der Waals surface area contributed by atoms with Gasteiger partial charge < -0.3 is 15.4 Å². The van der Waals surface area contributed by atoms with E-state index >= 15 is 0 Å². The molecule has 2 N–H and O–H groups in total. The lowest BCUT2D eigenvalue weighted by atomic mass is 10.0. The minimum absolute atomic E-state index is 0.0287. The number of hydrogen-bond donors (Lipinski definition) is 2. The number of carbonyl (C=O) groups is 2. The van der Waals surface area contributed by atoms with Crippen LogP contribution in [0.4, 0.5) is 0 Å². The summed E-state index contributed by atoms with van der Waals surface area (Å²) >= 11 is 0. The SMILES string of the molecule is CC(=O)NCc1ccccc1CCOCCc1ccccc1CNC(C)=O. The third-order valence-electron chi connectivity index (χ3n) is 4.32. The predicted octanol–water partition coefficient (Wildman–Crippen LogP) is 2.76. The van der Waals surface area contributed by atoms with E-state index < -0.39 is 0 Å². The van der Waals surface area contributed by atoms with Gasteiger partial charge in [-0.15, -0.1) is 0 Å². The van der Waals surface area contributed by atoms with E-state index in [1.54, 1.807) is 0 Å². The second-order valence-corrected chi connectivity index (χ2v) is 6.47. The first-order chi connectivity index (χ1) is 13.1. The van der Waals surface area contributed by atoms with Gasteiger partial charge in [0, 0.05) is 26.9 Å². The van der Waals surface area contributed by atoms with E-state index in [4.69, 9.17) is 4.74 Å². The van der Waals surface area contributed by atoms with Crippen LogP contribution < -0.4 is 10.6 Å². The number of rotatable bonds is 10. The van der Waals surface area contributed by atoms with Gasteiger partial charge in [0.1, 0.15) is 0 Å². The van der Waals surface area contributed by atoms with Crippen molar-refractivity contribution in [3.63, 3.8) is 0 Å². The van der Waals surface area contributed by atoms with Gasteiger partial charge in [0.2, 0.25) is 11.8 Å². The van der Waals surface area contributed by atoms with Crippen molar-refractivity contribution in [2.24, 2.45) is 0 Å². The maximum atomic E-state index is 11.1. The van der Waals surface area contributed by atoms with Crippen molar-refractivity contribution in [1.29, 1.82) is 0 Å². The molecule has 0 heterocycles. The second kappa shape index (κ2) is 11.1. The molecule has 0 radical (unpaired) electrons. The molecular weight excluding hydrogens is 340 g/mol. The van der Waals surface area contributed by atoms with E-state index in [-0.39, 0.29) is 11.8 Å². The molecule has 0 spiro atoms. The zero-order valence-corrected chi connectivity index (χ0v) is 16.1. The summed E-state index contributed by atoms with van der Waals surface area (Å²) in [6, 6.07) is 16.2. The third-order valence-corrected chi connectivity index (χ3v) is 4.32. The summed E-state index contributed by atoms with van der Waals surface area (Å²) in [7, 11) is 0. The third kappa shape index (κ3) is 7.62. The highest BCUT2D eigenvalue weighted by Crippen LogP contribution is 2.11. The lowest BCUT2D eigenvalue weighted by Gasteiger charge is -2.12. The molecule has 0 atom stereocenters. The largest absolute Gasteiger partial charge is 0.381 e. The Bertz CT molecular complexity index is 695. The van der Waals surface area contributed by atoms with Crippen LogP contribution in [0.5, 0.6) is 0 Å². The van der Waals surface area contributed by atoms with Crippen LogP contribution in [-0.2, 0) is 40.3 Å². The maximum absolute atomic E-state index is 11.1. The minimum atomic E-state index is -0.0287. The summed E-state index contributed by atoms with van der Waals surface area (Å²) in [5.41, 5.74) is 4.63. The molecule has 5 heteroatoms. The lowest BCUT2D eigenvalue weighted by Crippen LogP contribution is -2.20. The Morgan fingerprint density at radius 3 is 1.44 bits per heavy atom. The molecule has 0 fully saturated rings. The molecule has 0 aliphatic carbocycles. The fourth-order valence-corrected chi connectivity index (χ4v) is 2.85. The van der Waals surface area contributed by atoms with Gasteiger partial charge in [-0.25, -0.2) is 0 Å². The van der Waals surface area contributed by atoms with Crippen molar-refractivity contribution >= 4 is 11.8 Å². The van der Waals surface area contributed by atoms with Crippen LogP contribution in [0.25, 0.3) is 0 Å². The van der Waals surface area contributed by atoms with Crippen molar-refractivity contribution in [1.82, 2.24) is 10.6 Å². The van der Waals surface area contributed by atoms with Gasteiger partial charge in [-0.3, -0.25) is 9.59 Å². The van der Waals surface area contributed by atoms with Crippen LogP contribution in [0.2, 0.25) is 0 Å². The van der Waals surface area contributed by atoms with E-state index in [2.05, 4.69) is 22.8 Å². The number of carbonyl (C=O) groups excluding carboxylic acids is 2. The van der Waals surface area contributed by atoms with E-state index in [1.165, 1.54) is 25.0 Å². The number of benzene rings is 2. The van der Waals surface area contributed by atoms with Crippen LogP contribution in [0.3, 0.4) is 0 Å². The monoisotopic (exact) mass is 368 g/mol. The number of ether oxygens (including phenoxy) is 1. The van der Waals surface area contributed by atoms with Crippen LogP contribution in [0, 0.1) is 0 Å². The van der Waals surface area contributed by atoms with Gasteiger partial charge in [-0.1, -0.05) is 48.5 Å². The molecule has 2 rings (SSSR count). The molecule has 2 aromatic rings. The molecule has 2 aromatic carbocycles. The molecular formula is C22H28N2O3. The maximum Gasteiger partial charge on any atom is 0.217 e. The Kier molecular flexibility index (Phi) is 8.52. The average molecular weight is 368 g/mol. The van der Waals surface area contributed by atoms with Crippen LogP contribution in [-0.4, -0.2) is 25.0 Å². The van der Waals surface area contributed by atoms with Crippen LogP contribution in [0.1, 0.15) is 36.1 Å². The second-order valence-electron chi connectivity index (χ2n) is 6.47. The normalized spacial score (nSPS) is 10.4.